The molecule has 6 nitrogen and oxygen atoms in total. The van der Waals surface area contributed by atoms with Crippen LogP contribution in [0.1, 0.15) is 6.92 Å². The van der Waals surface area contributed by atoms with Crippen molar-refractivity contribution in [2.45, 2.75) is 17.9 Å². The summed E-state index contributed by atoms with van der Waals surface area (Å²) in [5, 5.41) is 2.12. The van der Waals surface area contributed by atoms with E-state index in [9.17, 15) is 43.2 Å². The van der Waals surface area contributed by atoms with Crippen molar-refractivity contribution in [3.8, 4) is 0 Å². The molecule has 14 heteroatoms. The van der Waals surface area contributed by atoms with Gasteiger partial charge in [0.05, 0.1) is 13.6 Å². The maximum atomic E-state index is 11.4. The Hall–Kier alpha value is -0.600. The molecule has 0 aliphatic rings. The van der Waals surface area contributed by atoms with Crippen molar-refractivity contribution >= 4 is 20.0 Å². The molecule has 0 saturated heterocycles. The minimum absolute atomic E-state index is 0.778. The molecule has 0 aliphatic carbocycles. The lowest BCUT2D eigenvalue weighted by atomic mass is 10.8. The summed E-state index contributed by atoms with van der Waals surface area (Å²) in [6.45, 7) is 3.32. The van der Waals surface area contributed by atoms with Gasteiger partial charge in [0.1, 0.15) is 0 Å². The van der Waals surface area contributed by atoms with Crippen LogP contribution in [-0.2, 0) is 20.0 Å². The zero-order valence-electron chi connectivity index (χ0n) is 9.45. The Morgan fingerprint density at radius 3 is 1.21 bits per heavy atom. The molecule has 0 unspecified atom stereocenters. The van der Waals surface area contributed by atoms with Crippen LogP contribution in [0.25, 0.3) is 4.13 Å². The van der Waals surface area contributed by atoms with Crippen LogP contribution in [0.3, 0.4) is 0 Å². The van der Waals surface area contributed by atoms with Gasteiger partial charge in [-0.05, 0) is 6.92 Å². The number of nitrogens with zero attached hydrogens (tertiary/aromatic N) is 1. The number of rotatable bonds is 3. The number of alkyl halides is 6. The highest BCUT2D eigenvalue weighted by Crippen LogP contribution is 2.36. The van der Waals surface area contributed by atoms with Gasteiger partial charge in [-0.2, -0.15) is 26.3 Å². The molecule has 0 spiro atoms. The summed E-state index contributed by atoms with van der Waals surface area (Å²) >= 11 is 0. The standard InChI is InChI=1S/C3H9N.C2F6NO4S2/c1-3-4-2;3-1(4,5)14(10,11)9-15(12,13)2(6,7)8/h4H,3H2,1-2H3;/q;-1/p+1. The second-order valence-corrected chi connectivity index (χ2v) is 6.16. The van der Waals surface area contributed by atoms with E-state index in [2.05, 4.69) is 19.3 Å². The van der Waals surface area contributed by atoms with Crippen LogP contribution in [0.2, 0.25) is 0 Å². The molecule has 0 fully saturated rings. The normalized spacial score (nSPS) is 13.7. The Bertz CT molecular complexity index is 421. The molecule has 0 amide bonds. The van der Waals surface area contributed by atoms with E-state index >= 15 is 0 Å². The van der Waals surface area contributed by atoms with Gasteiger partial charge in [-0.15, -0.1) is 0 Å². The van der Waals surface area contributed by atoms with Crippen molar-refractivity contribution in [3.05, 3.63) is 4.13 Å². The summed E-state index contributed by atoms with van der Waals surface area (Å²) in [5.41, 5.74) is -12.4. The van der Waals surface area contributed by atoms with E-state index in [-0.39, 0.29) is 0 Å². The molecular weight excluding hydrogens is 330 g/mol. The first-order chi connectivity index (χ1) is 8.12. The third kappa shape index (κ3) is 6.93. The van der Waals surface area contributed by atoms with Crippen molar-refractivity contribution in [1.82, 2.24) is 0 Å². The number of hydrogen-bond acceptors (Lipinski definition) is 4. The van der Waals surface area contributed by atoms with E-state index in [0.29, 0.717) is 0 Å². The smallest absolute Gasteiger partial charge is 0.421 e. The Morgan fingerprint density at radius 2 is 1.11 bits per heavy atom. The maximum absolute atomic E-state index is 11.4. The molecule has 0 radical (unpaired) electrons. The Kier molecular flexibility index (Phi) is 7.32. The van der Waals surface area contributed by atoms with Gasteiger partial charge in [-0.25, -0.2) is 16.8 Å². The highest BCUT2D eigenvalue weighted by Gasteiger charge is 2.46. The fourth-order valence-corrected chi connectivity index (χ4v) is 1.92. The van der Waals surface area contributed by atoms with E-state index in [1.807, 2.05) is 0 Å². The highest BCUT2D eigenvalue weighted by atomic mass is 32.3. The van der Waals surface area contributed by atoms with E-state index in [1.54, 1.807) is 0 Å². The number of halogens is 6. The first-order valence-corrected chi connectivity index (χ1v) is 7.15. The largest absolute Gasteiger partial charge is 0.480 e. The van der Waals surface area contributed by atoms with Crippen LogP contribution >= 0.6 is 0 Å². The summed E-state index contributed by atoms with van der Waals surface area (Å²) in [5.74, 6) is 0. The zero-order chi connectivity index (χ0) is 16.1. The topological polar surface area (TPSA) is 99.0 Å². The quantitative estimate of drug-likeness (QED) is 0.745. The molecule has 0 aliphatic heterocycles. The summed E-state index contributed by atoms with van der Waals surface area (Å²) in [6.07, 6.45) is 0. The van der Waals surface area contributed by atoms with Crippen molar-refractivity contribution in [3.63, 3.8) is 0 Å². The fraction of sp³-hybridized carbons (Fsp3) is 1.00. The lowest BCUT2D eigenvalue weighted by Gasteiger charge is -2.22. The van der Waals surface area contributed by atoms with Crippen molar-refractivity contribution < 1.29 is 48.5 Å². The van der Waals surface area contributed by atoms with Crippen LogP contribution in [0.5, 0.6) is 0 Å². The van der Waals surface area contributed by atoms with Crippen LogP contribution < -0.4 is 5.32 Å². The molecule has 19 heavy (non-hydrogen) atoms. The Balaban J connectivity index is 0. The van der Waals surface area contributed by atoms with Gasteiger partial charge >= 0.3 is 11.0 Å². The number of sulfonamides is 2. The molecule has 0 rings (SSSR count). The van der Waals surface area contributed by atoms with Gasteiger partial charge in [0, 0.05) is 0 Å². The van der Waals surface area contributed by atoms with E-state index in [4.69, 9.17) is 0 Å². The monoisotopic (exact) mass is 340 g/mol. The SMILES string of the molecule is CC[NH2+]C.O=S(=O)([N-]S(=O)(=O)C(F)(F)F)C(F)(F)F. The average molecular weight is 340 g/mol. The van der Waals surface area contributed by atoms with Gasteiger partial charge < -0.3 is 9.44 Å². The number of hydrogen-bond donors (Lipinski definition) is 1. The summed E-state index contributed by atoms with van der Waals surface area (Å²) in [7, 11) is -11.4. The first-order valence-electron chi connectivity index (χ1n) is 4.27. The maximum Gasteiger partial charge on any atom is 0.480 e. The van der Waals surface area contributed by atoms with Gasteiger partial charge in [-0.3, -0.25) is 0 Å². The van der Waals surface area contributed by atoms with Crippen LogP contribution in [0, 0.1) is 0 Å². The molecule has 0 atom stereocenters. The highest BCUT2D eigenvalue weighted by molar-refractivity contribution is 8.13. The lowest BCUT2D eigenvalue weighted by molar-refractivity contribution is -0.623. The number of nitrogens with two attached hydrogens (primary N) is 1. The van der Waals surface area contributed by atoms with Crippen molar-refractivity contribution in [2.75, 3.05) is 13.6 Å². The van der Waals surface area contributed by atoms with Crippen LogP contribution in [-0.4, -0.2) is 41.4 Å². The summed E-state index contributed by atoms with van der Waals surface area (Å²) in [6, 6.07) is 0. The minimum Gasteiger partial charge on any atom is -0.421 e. The van der Waals surface area contributed by atoms with E-state index in [0.717, 1.165) is 4.13 Å². The second kappa shape index (κ2) is 6.71. The first kappa shape index (κ1) is 20.7. The second-order valence-electron chi connectivity index (χ2n) is 2.73. The summed E-state index contributed by atoms with van der Waals surface area (Å²) < 4.78 is 109. The van der Waals surface area contributed by atoms with Gasteiger partial charge in [0.25, 0.3) is 0 Å². The number of quaternary nitrogens is 1. The van der Waals surface area contributed by atoms with E-state index in [1.165, 1.54) is 6.54 Å². The van der Waals surface area contributed by atoms with Crippen LogP contribution in [0.15, 0.2) is 0 Å². The molecule has 0 aromatic heterocycles. The lowest BCUT2D eigenvalue weighted by Crippen LogP contribution is -2.78. The summed E-state index contributed by atoms with van der Waals surface area (Å²) in [4.78, 5) is 0. The fourth-order valence-electron chi connectivity index (χ4n) is 0.214. The molecule has 0 bridgehead atoms. The third-order valence-electron chi connectivity index (χ3n) is 1.19. The van der Waals surface area contributed by atoms with Crippen molar-refractivity contribution in [2.24, 2.45) is 0 Å². The van der Waals surface area contributed by atoms with Crippen molar-refractivity contribution in [1.29, 1.82) is 0 Å². The molecular formula is C5H10F6N2O4S2. The Morgan fingerprint density at radius 1 is 0.895 bits per heavy atom. The van der Waals surface area contributed by atoms with Crippen LogP contribution in [0.4, 0.5) is 26.3 Å². The van der Waals surface area contributed by atoms with Gasteiger partial charge in [0.15, 0.2) is 20.0 Å². The van der Waals surface area contributed by atoms with Gasteiger partial charge in [0.2, 0.25) is 0 Å². The van der Waals surface area contributed by atoms with E-state index < -0.39 is 31.1 Å². The predicted octanol–water partition coefficient (Wildman–Crippen LogP) is 0.259. The molecule has 2 N–H and O–H groups in total. The average Bonchev–Trinajstić information content (AvgIpc) is 2.13. The molecule has 0 heterocycles. The van der Waals surface area contributed by atoms with Gasteiger partial charge in [-0.1, -0.05) is 0 Å². The molecule has 0 saturated carbocycles. The predicted molar refractivity (Wildman–Crippen MR) is 51.7 cm³/mol. The zero-order valence-corrected chi connectivity index (χ0v) is 11.1. The third-order valence-corrected chi connectivity index (χ3v) is 3.93. The molecule has 118 valence electrons. The minimum atomic E-state index is -6.72. The Labute approximate surface area is 105 Å². The molecule has 0 aromatic carbocycles. The molecule has 0 aromatic rings.